The van der Waals surface area contributed by atoms with Crippen molar-refractivity contribution in [3.05, 3.63) is 83.4 Å². The van der Waals surface area contributed by atoms with Crippen LogP contribution in [-0.2, 0) is 6.54 Å². The van der Waals surface area contributed by atoms with E-state index < -0.39 is 0 Å². The predicted molar refractivity (Wildman–Crippen MR) is 86.2 cm³/mol. The Kier molecular flexibility index (Phi) is 4.21. The molecule has 0 saturated heterocycles. The van der Waals surface area contributed by atoms with Crippen LogP contribution < -0.4 is 5.32 Å². The van der Waals surface area contributed by atoms with Crippen molar-refractivity contribution >= 4 is 17.5 Å². The van der Waals surface area contributed by atoms with Crippen LogP contribution in [-0.4, -0.2) is 15.5 Å². The predicted octanol–water partition coefficient (Wildman–Crippen LogP) is 3.46. The van der Waals surface area contributed by atoms with Gasteiger partial charge in [0, 0.05) is 29.5 Å². The third kappa shape index (κ3) is 3.18. The Bertz CT molecular complexity index is 767. The molecule has 1 aromatic heterocycles. The van der Waals surface area contributed by atoms with E-state index in [4.69, 9.17) is 11.6 Å². The Labute approximate surface area is 133 Å². The summed E-state index contributed by atoms with van der Waals surface area (Å²) in [6.45, 7) is 0.440. The molecule has 5 heteroatoms. The summed E-state index contributed by atoms with van der Waals surface area (Å²) in [5.41, 5.74) is 2.60. The SMILES string of the molecule is O=C(NCc1ccccc1-n1ccnc1)c1ccc(Cl)cc1. The van der Waals surface area contributed by atoms with E-state index >= 15 is 0 Å². The molecule has 22 heavy (non-hydrogen) atoms. The number of carbonyl (C=O) groups excluding carboxylic acids is 1. The molecule has 2 aromatic carbocycles. The highest BCUT2D eigenvalue weighted by Crippen LogP contribution is 2.14. The molecule has 0 saturated carbocycles. The summed E-state index contributed by atoms with van der Waals surface area (Å²) in [5, 5.41) is 3.53. The van der Waals surface area contributed by atoms with Gasteiger partial charge in [-0.3, -0.25) is 4.79 Å². The zero-order chi connectivity index (χ0) is 15.4. The van der Waals surface area contributed by atoms with E-state index in [1.54, 1.807) is 36.8 Å². The molecule has 1 amide bonds. The summed E-state index contributed by atoms with van der Waals surface area (Å²) in [5.74, 6) is -0.128. The maximum Gasteiger partial charge on any atom is 0.251 e. The van der Waals surface area contributed by atoms with E-state index in [9.17, 15) is 4.79 Å². The third-order valence-corrected chi connectivity index (χ3v) is 3.57. The molecule has 0 fully saturated rings. The van der Waals surface area contributed by atoms with Crippen molar-refractivity contribution in [3.8, 4) is 5.69 Å². The fourth-order valence-corrected chi connectivity index (χ4v) is 2.32. The monoisotopic (exact) mass is 311 g/mol. The van der Waals surface area contributed by atoms with Gasteiger partial charge in [-0.25, -0.2) is 4.98 Å². The van der Waals surface area contributed by atoms with Gasteiger partial charge < -0.3 is 9.88 Å². The summed E-state index contributed by atoms with van der Waals surface area (Å²) in [4.78, 5) is 16.2. The number of hydrogen-bond donors (Lipinski definition) is 1. The van der Waals surface area contributed by atoms with Crippen LogP contribution in [0.4, 0.5) is 0 Å². The fraction of sp³-hybridized carbons (Fsp3) is 0.0588. The van der Waals surface area contributed by atoms with Gasteiger partial charge in [-0.2, -0.15) is 0 Å². The highest BCUT2D eigenvalue weighted by molar-refractivity contribution is 6.30. The van der Waals surface area contributed by atoms with Crippen LogP contribution in [0.3, 0.4) is 0 Å². The molecule has 1 heterocycles. The van der Waals surface area contributed by atoms with Crippen LogP contribution in [0.5, 0.6) is 0 Å². The molecule has 0 aliphatic rings. The number of imidazole rings is 1. The number of halogens is 1. The zero-order valence-electron chi connectivity index (χ0n) is 11.7. The minimum Gasteiger partial charge on any atom is -0.348 e. The maximum absolute atomic E-state index is 12.2. The van der Waals surface area contributed by atoms with Crippen LogP contribution in [0.2, 0.25) is 5.02 Å². The summed E-state index contributed by atoms with van der Waals surface area (Å²) >= 11 is 5.83. The van der Waals surface area contributed by atoms with E-state index in [-0.39, 0.29) is 5.91 Å². The number of hydrogen-bond acceptors (Lipinski definition) is 2. The fourth-order valence-electron chi connectivity index (χ4n) is 2.19. The van der Waals surface area contributed by atoms with E-state index in [1.165, 1.54) is 0 Å². The van der Waals surface area contributed by atoms with E-state index in [0.717, 1.165) is 11.3 Å². The van der Waals surface area contributed by atoms with Crippen molar-refractivity contribution in [1.82, 2.24) is 14.9 Å². The second-order valence-electron chi connectivity index (χ2n) is 4.79. The number of aromatic nitrogens is 2. The van der Waals surface area contributed by atoms with Gasteiger partial charge >= 0.3 is 0 Å². The molecule has 110 valence electrons. The lowest BCUT2D eigenvalue weighted by atomic mass is 10.1. The Hall–Kier alpha value is -2.59. The number of benzene rings is 2. The molecule has 0 atom stereocenters. The van der Waals surface area contributed by atoms with Crippen molar-refractivity contribution < 1.29 is 4.79 Å². The van der Waals surface area contributed by atoms with E-state index in [0.29, 0.717) is 17.1 Å². The first-order chi connectivity index (χ1) is 10.7. The van der Waals surface area contributed by atoms with E-state index in [2.05, 4.69) is 10.3 Å². The van der Waals surface area contributed by atoms with Gasteiger partial charge in [0.05, 0.1) is 12.0 Å². The first-order valence-corrected chi connectivity index (χ1v) is 7.22. The second-order valence-corrected chi connectivity index (χ2v) is 5.22. The molecule has 0 bridgehead atoms. The highest BCUT2D eigenvalue weighted by atomic mass is 35.5. The second kappa shape index (κ2) is 6.45. The average molecular weight is 312 g/mol. The summed E-state index contributed by atoms with van der Waals surface area (Å²) in [6, 6.07) is 14.7. The number of nitrogens with zero attached hydrogens (tertiary/aromatic N) is 2. The lowest BCUT2D eigenvalue weighted by Gasteiger charge is -2.11. The molecule has 0 aliphatic heterocycles. The van der Waals surface area contributed by atoms with E-state index in [1.807, 2.05) is 35.0 Å². The highest BCUT2D eigenvalue weighted by Gasteiger charge is 2.08. The van der Waals surface area contributed by atoms with Gasteiger partial charge in [0.25, 0.3) is 5.91 Å². The van der Waals surface area contributed by atoms with Crippen molar-refractivity contribution in [1.29, 1.82) is 0 Å². The minimum atomic E-state index is -0.128. The Morgan fingerprint density at radius 3 is 2.64 bits per heavy atom. The van der Waals surface area contributed by atoms with Crippen molar-refractivity contribution in [2.75, 3.05) is 0 Å². The lowest BCUT2D eigenvalue weighted by molar-refractivity contribution is 0.0951. The summed E-state index contributed by atoms with van der Waals surface area (Å²) < 4.78 is 1.92. The molecular weight excluding hydrogens is 298 g/mol. The molecule has 0 aliphatic carbocycles. The first kappa shape index (κ1) is 14.4. The summed E-state index contributed by atoms with van der Waals surface area (Å²) in [7, 11) is 0. The van der Waals surface area contributed by atoms with Gasteiger partial charge in [-0.15, -0.1) is 0 Å². The molecule has 1 N–H and O–H groups in total. The Morgan fingerprint density at radius 1 is 1.14 bits per heavy atom. The van der Waals surface area contributed by atoms with Crippen LogP contribution in [0, 0.1) is 0 Å². The number of nitrogens with one attached hydrogen (secondary N) is 1. The number of amides is 1. The van der Waals surface area contributed by atoms with Gasteiger partial charge in [-0.05, 0) is 35.9 Å². The molecule has 0 spiro atoms. The number of para-hydroxylation sites is 1. The maximum atomic E-state index is 12.2. The smallest absolute Gasteiger partial charge is 0.251 e. The molecule has 3 aromatic rings. The number of rotatable bonds is 4. The molecule has 4 nitrogen and oxygen atoms in total. The standard InChI is InChI=1S/C17H14ClN3O/c18-15-7-5-13(6-8-15)17(22)20-11-14-3-1-2-4-16(14)21-10-9-19-12-21/h1-10,12H,11H2,(H,20,22). The zero-order valence-corrected chi connectivity index (χ0v) is 12.5. The van der Waals surface area contributed by atoms with Crippen molar-refractivity contribution in [2.45, 2.75) is 6.54 Å². The van der Waals surface area contributed by atoms with Gasteiger partial charge in [0.1, 0.15) is 0 Å². The quantitative estimate of drug-likeness (QED) is 0.802. The normalized spacial score (nSPS) is 10.4. The largest absolute Gasteiger partial charge is 0.348 e. The van der Waals surface area contributed by atoms with Crippen LogP contribution >= 0.6 is 11.6 Å². The first-order valence-electron chi connectivity index (χ1n) is 6.84. The Balaban J connectivity index is 1.74. The topological polar surface area (TPSA) is 46.9 Å². The van der Waals surface area contributed by atoms with Gasteiger partial charge in [0.15, 0.2) is 0 Å². The Morgan fingerprint density at radius 2 is 1.91 bits per heavy atom. The molecule has 0 radical (unpaired) electrons. The molecular formula is C17H14ClN3O. The average Bonchev–Trinajstić information content (AvgIpc) is 3.08. The molecule has 3 rings (SSSR count). The van der Waals surface area contributed by atoms with Crippen molar-refractivity contribution in [2.24, 2.45) is 0 Å². The summed E-state index contributed by atoms with van der Waals surface area (Å²) in [6.07, 6.45) is 5.34. The van der Waals surface area contributed by atoms with Crippen molar-refractivity contribution in [3.63, 3.8) is 0 Å². The third-order valence-electron chi connectivity index (χ3n) is 3.32. The van der Waals surface area contributed by atoms with Crippen LogP contribution in [0.15, 0.2) is 67.3 Å². The molecule has 0 unspecified atom stereocenters. The minimum absolute atomic E-state index is 0.128. The van der Waals surface area contributed by atoms with Crippen LogP contribution in [0.1, 0.15) is 15.9 Å². The van der Waals surface area contributed by atoms with Gasteiger partial charge in [-0.1, -0.05) is 29.8 Å². The number of carbonyl (C=O) groups is 1. The van der Waals surface area contributed by atoms with Gasteiger partial charge in [0.2, 0.25) is 0 Å². The lowest BCUT2D eigenvalue weighted by Crippen LogP contribution is -2.23. The van der Waals surface area contributed by atoms with Crippen LogP contribution in [0.25, 0.3) is 5.69 Å².